The molecule has 2 aromatic rings. The number of halogens is 5. The molecule has 19 heavy (non-hydrogen) atoms. The predicted octanol–water partition coefficient (Wildman–Crippen LogP) is 5.90. The van der Waals surface area contributed by atoms with Crippen LogP contribution < -0.4 is 0 Å². The first-order valence-corrected chi connectivity index (χ1v) is 7.11. The van der Waals surface area contributed by atoms with Gasteiger partial charge >= 0.3 is 0 Å². The van der Waals surface area contributed by atoms with Crippen LogP contribution in [-0.2, 0) is 6.42 Å². The number of hydrogen-bond donors (Lipinski definition) is 0. The van der Waals surface area contributed by atoms with Crippen LogP contribution in [0.1, 0.15) is 16.5 Å². The van der Waals surface area contributed by atoms with Crippen LogP contribution in [0.25, 0.3) is 0 Å². The highest BCUT2D eigenvalue weighted by Crippen LogP contribution is 2.32. The molecule has 0 aromatic heterocycles. The van der Waals surface area contributed by atoms with E-state index in [1.807, 2.05) is 24.3 Å². The summed E-state index contributed by atoms with van der Waals surface area (Å²) in [5.41, 5.74) is 1.38. The van der Waals surface area contributed by atoms with E-state index in [9.17, 15) is 8.78 Å². The minimum Gasteiger partial charge on any atom is -0.204 e. The van der Waals surface area contributed by atoms with Gasteiger partial charge in [-0.3, -0.25) is 0 Å². The molecule has 1 unspecified atom stereocenters. The quantitative estimate of drug-likeness (QED) is 0.469. The fraction of sp³-hybridized carbons (Fsp3) is 0.143. The fourth-order valence-electron chi connectivity index (χ4n) is 1.72. The van der Waals surface area contributed by atoms with E-state index in [-0.39, 0.29) is 5.02 Å². The summed E-state index contributed by atoms with van der Waals surface area (Å²) in [5.74, 6) is -1.91. The van der Waals surface area contributed by atoms with E-state index in [1.54, 1.807) is 0 Å². The molecule has 1 atom stereocenters. The molecule has 5 heteroatoms. The van der Waals surface area contributed by atoms with Gasteiger partial charge in [0.25, 0.3) is 0 Å². The number of hydrogen-bond acceptors (Lipinski definition) is 0. The van der Waals surface area contributed by atoms with Gasteiger partial charge in [-0.25, -0.2) is 8.78 Å². The molecule has 0 spiro atoms. The zero-order valence-electron chi connectivity index (χ0n) is 9.64. The van der Waals surface area contributed by atoms with Crippen LogP contribution >= 0.6 is 39.1 Å². The van der Waals surface area contributed by atoms with Crippen LogP contribution in [0.5, 0.6) is 0 Å². The van der Waals surface area contributed by atoms with Gasteiger partial charge in [0.1, 0.15) is 0 Å². The first-order chi connectivity index (χ1) is 8.97. The standard InChI is InChI=1S/C14H9BrCl2F2/c15-9-3-1-8(2-4-9)5-11(16)10-6-13(18)14(19)7-12(10)17/h1-4,6-7,11H,5H2. The zero-order chi connectivity index (χ0) is 14.0. The second kappa shape index (κ2) is 6.21. The molecule has 0 N–H and O–H groups in total. The summed E-state index contributed by atoms with van der Waals surface area (Å²) in [6.45, 7) is 0. The number of rotatable bonds is 3. The summed E-state index contributed by atoms with van der Waals surface area (Å²) in [7, 11) is 0. The molecule has 0 bridgehead atoms. The van der Waals surface area contributed by atoms with E-state index in [0.717, 1.165) is 22.2 Å². The van der Waals surface area contributed by atoms with Crippen molar-refractivity contribution in [3.63, 3.8) is 0 Å². The zero-order valence-corrected chi connectivity index (χ0v) is 12.7. The molecule has 100 valence electrons. The van der Waals surface area contributed by atoms with E-state index in [0.29, 0.717) is 12.0 Å². The normalized spacial score (nSPS) is 12.5. The monoisotopic (exact) mass is 364 g/mol. The maximum Gasteiger partial charge on any atom is 0.160 e. The van der Waals surface area contributed by atoms with Crippen LogP contribution in [0.2, 0.25) is 5.02 Å². The van der Waals surface area contributed by atoms with Crippen molar-refractivity contribution in [2.75, 3.05) is 0 Å². The second-order valence-corrected chi connectivity index (χ2v) is 5.94. The predicted molar refractivity (Wildman–Crippen MR) is 77.8 cm³/mol. The Labute approximate surface area is 128 Å². The summed E-state index contributed by atoms with van der Waals surface area (Å²) in [5, 5.41) is -0.375. The Morgan fingerprint density at radius 2 is 1.63 bits per heavy atom. The van der Waals surface area contributed by atoms with Crippen molar-refractivity contribution in [1.82, 2.24) is 0 Å². The Hall–Kier alpha value is -0.640. The molecule has 0 aliphatic carbocycles. The highest BCUT2D eigenvalue weighted by Gasteiger charge is 2.16. The molecule has 0 aliphatic rings. The van der Waals surface area contributed by atoms with Crippen molar-refractivity contribution >= 4 is 39.1 Å². The summed E-state index contributed by atoms with van der Waals surface area (Å²) in [4.78, 5) is 0. The highest BCUT2D eigenvalue weighted by molar-refractivity contribution is 9.10. The average Bonchev–Trinajstić information content (AvgIpc) is 2.36. The average molecular weight is 366 g/mol. The minimum absolute atomic E-state index is 0.135. The molecule has 2 rings (SSSR count). The molecule has 0 amide bonds. The molecule has 2 aromatic carbocycles. The van der Waals surface area contributed by atoms with Gasteiger partial charge in [-0.1, -0.05) is 39.7 Å². The van der Waals surface area contributed by atoms with Crippen molar-refractivity contribution in [2.24, 2.45) is 0 Å². The summed E-state index contributed by atoms with van der Waals surface area (Å²) in [6, 6.07) is 9.61. The first kappa shape index (κ1) is 14.8. The lowest BCUT2D eigenvalue weighted by molar-refractivity contribution is 0.507. The molecule has 0 radical (unpaired) electrons. The van der Waals surface area contributed by atoms with Gasteiger partial charge in [-0.05, 0) is 41.8 Å². The second-order valence-electron chi connectivity index (χ2n) is 4.09. The van der Waals surface area contributed by atoms with E-state index < -0.39 is 17.0 Å². The number of alkyl halides is 1. The lowest BCUT2D eigenvalue weighted by Crippen LogP contribution is -1.99. The molecular formula is C14H9BrCl2F2. The lowest BCUT2D eigenvalue weighted by Gasteiger charge is -2.12. The maximum absolute atomic E-state index is 13.2. The SMILES string of the molecule is Fc1cc(Cl)c(C(Cl)Cc2ccc(Br)cc2)cc1F. The third-order valence-electron chi connectivity index (χ3n) is 2.71. The maximum atomic E-state index is 13.2. The van der Waals surface area contributed by atoms with Crippen LogP contribution in [0.3, 0.4) is 0 Å². The lowest BCUT2D eigenvalue weighted by atomic mass is 10.0. The van der Waals surface area contributed by atoms with E-state index >= 15 is 0 Å². The molecule has 0 saturated heterocycles. The Kier molecular flexibility index (Phi) is 4.82. The fourth-order valence-corrected chi connectivity index (χ4v) is 2.68. The van der Waals surface area contributed by atoms with Gasteiger partial charge < -0.3 is 0 Å². The van der Waals surface area contributed by atoms with Gasteiger partial charge in [0.15, 0.2) is 11.6 Å². The van der Waals surface area contributed by atoms with Gasteiger partial charge in [0.2, 0.25) is 0 Å². The van der Waals surface area contributed by atoms with Crippen LogP contribution in [-0.4, -0.2) is 0 Å². The van der Waals surface area contributed by atoms with Gasteiger partial charge in [-0.2, -0.15) is 0 Å². The molecule has 0 heterocycles. The van der Waals surface area contributed by atoms with E-state index in [2.05, 4.69) is 15.9 Å². The third kappa shape index (κ3) is 3.68. The van der Waals surface area contributed by atoms with Gasteiger partial charge in [0, 0.05) is 9.50 Å². The first-order valence-electron chi connectivity index (χ1n) is 5.50. The van der Waals surface area contributed by atoms with Crippen molar-refractivity contribution in [2.45, 2.75) is 11.8 Å². The Bertz CT molecular complexity index is 585. The van der Waals surface area contributed by atoms with Crippen molar-refractivity contribution < 1.29 is 8.78 Å². The smallest absolute Gasteiger partial charge is 0.160 e. The summed E-state index contributed by atoms with van der Waals surface area (Å²) >= 11 is 15.5. The molecule has 0 aliphatic heterocycles. The Balaban J connectivity index is 2.22. The van der Waals surface area contributed by atoms with Crippen molar-refractivity contribution in [3.8, 4) is 0 Å². The summed E-state index contributed by atoms with van der Waals surface area (Å²) < 4.78 is 27.2. The molecule has 0 nitrogen and oxygen atoms in total. The van der Waals surface area contributed by atoms with Crippen LogP contribution in [0.4, 0.5) is 8.78 Å². The largest absolute Gasteiger partial charge is 0.204 e. The Morgan fingerprint density at radius 1 is 1.05 bits per heavy atom. The summed E-state index contributed by atoms with van der Waals surface area (Å²) in [6.07, 6.45) is 0.486. The van der Waals surface area contributed by atoms with E-state index in [4.69, 9.17) is 23.2 Å². The highest BCUT2D eigenvalue weighted by atomic mass is 79.9. The van der Waals surface area contributed by atoms with Crippen molar-refractivity contribution in [1.29, 1.82) is 0 Å². The van der Waals surface area contributed by atoms with Crippen LogP contribution in [0.15, 0.2) is 40.9 Å². The molecular weight excluding hydrogens is 357 g/mol. The van der Waals surface area contributed by atoms with Gasteiger partial charge in [-0.15, -0.1) is 11.6 Å². The van der Waals surface area contributed by atoms with Gasteiger partial charge in [0.05, 0.1) is 5.38 Å². The Morgan fingerprint density at radius 3 is 2.26 bits per heavy atom. The minimum atomic E-state index is -0.971. The van der Waals surface area contributed by atoms with Crippen LogP contribution in [0, 0.1) is 11.6 Å². The van der Waals surface area contributed by atoms with Crippen molar-refractivity contribution in [3.05, 3.63) is 68.7 Å². The van der Waals surface area contributed by atoms with E-state index in [1.165, 1.54) is 0 Å². The third-order valence-corrected chi connectivity index (χ3v) is 3.95. The number of benzene rings is 2. The molecule has 0 fully saturated rings. The molecule has 0 saturated carbocycles. The topological polar surface area (TPSA) is 0 Å².